The van der Waals surface area contributed by atoms with Crippen LogP contribution < -0.4 is 4.74 Å². The van der Waals surface area contributed by atoms with Crippen molar-refractivity contribution in [1.82, 2.24) is 0 Å². The van der Waals surface area contributed by atoms with Gasteiger partial charge < -0.3 is 4.74 Å². The van der Waals surface area contributed by atoms with Gasteiger partial charge in [-0.05, 0) is 45.0 Å². The molecule has 0 saturated carbocycles. The first-order valence-electron chi connectivity index (χ1n) is 3.93. The molecule has 0 spiro atoms. The molecule has 0 aliphatic heterocycles. The van der Waals surface area contributed by atoms with Gasteiger partial charge in [-0.1, -0.05) is 12.6 Å². The summed E-state index contributed by atoms with van der Waals surface area (Å²) in [4.78, 5) is 0.844. The van der Waals surface area contributed by atoms with Gasteiger partial charge in [0, 0.05) is 4.90 Å². The summed E-state index contributed by atoms with van der Waals surface area (Å²) >= 11 is 4.96. The maximum atomic E-state index is 5.61. The van der Waals surface area contributed by atoms with Crippen LogP contribution in [-0.4, -0.2) is 5.60 Å². The first-order chi connectivity index (χ1) is 5.47. The predicted molar refractivity (Wildman–Crippen MR) is 52.7 cm³/mol. The van der Waals surface area contributed by atoms with Gasteiger partial charge in [0.1, 0.15) is 11.4 Å². The molecule has 0 bridgehead atoms. The topological polar surface area (TPSA) is 9.23 Å². The van der Waals surface area contributed by atoms with Crippen molar-refractivity contribution in [3.63, 3.8) is 0 Å². The van der Waals surface area contributed by atoms with E-state index in [2.05, 4.69) is 0 Å². The summed E-state index contributed by atoms with van der Waals surface area (Å²) in [7, 11) is 0. The van der Waals surface area contributed by atoms with E-state index in [1.54, 1.807) is 0 Å². The number of benzene rings is 1. The van der Waals surface area contributed by atoms with Crippen molar-refractivity contribution >= 4 is 12.6 Å². The lowest BCUT2D eigenvalue weighted by Crippen LogP contribution is -2.22. The fraction of sp³-hybridized carbons (Fsp3) is 0.400. The zero-order valence-electron chi connectivity index (χ0n) is 7.63. The smallest absolute Gasteiger partial charge is 0.120 e. The Morgan fingerprint density at radius 3 is 2.00 bits per heavy atom. The molecule has 1 radical (unpaired) electrons. The fourth-order valence-electron chi connectivity index (χ4n) is 0.861. The summed E-state index contributed by atoms with van der Waals surface area (Å²) in [5.74, 6) is 0.871. The van der Waals surface area contributed by atoms with Crippen LogP contribution in [0.1, 0.15) is 20.8 Å². The van der Waals surface area contributed by atoms with E-state index in [0.717, 1.165) is 10.6 Å². The van der Waals surface area contributed by atoms with Crippen LogP contribution in [-0.2, 0) is 0 Å². The van der Waals surface area contributed by atoms with Gasteiger partial charge in [0.25, 0.3) is 0 Å². The van der Waals surface area contributed by atoms with E-state index in [-0.39, 0.29) is 5.60 Å². The summed E-state index contributed by atoms with van der Waals surface area (Å²) in [6.07, 6.45) is 0. The molecule has 0 amide bonds. The summed E-state index contributed by atoms with van der Waals surface area (Å²) < 4.78 is 5.61. The Morgan fingerprint density at radius 2 is 1.58 bits per heavy atom. The van der Waals surface area contributed by atoms with Gasteiger partial charge >= 0.3 is 0 Å². The third kappa shape index (κ3) is 3.09. The molecule has 0 heterocycles. The van der Waals surface area contributed by atoms with Gasteiger partial charge in [-0.2, -0.15) is 0 Å². The number of hydrogen-bond acceptors (Lipinski definition) is 1. The van der Waals surface area contributed by atoms with Gasteiger partial charge in [-0.25, -0.2) is 0 Å². The van der Waals surface area contributed by atoms with E-state index in [0.29, 0.717) is 0 Å². The Morgan fingerprint density at radius 1 is 1.08 bits per heavy atom. The lowest BCUT2D eigenvalue weighted by atomic mass is 10.2. The molecule has 0 aliphatic rings. The zero-order valence-corrected chi connectivity index (χ0v) is 8.44. The summed E-state index contributed by atoms with van der Waals surface area (Å²) in [6, 6.07) is 7.54. The molecule has 0 atom stereocenters. The Bertz CT molecular complexity index is 246. The minimum absolute atomic E-state index is 0.136. The van der Waals surface area contributed by atoms with E-state index >= 15 is 0 Å². The Labute approximate surface area is 79.2 Å². The standard InChI is InChI=1S/C10H13OS/c1-10(2,3)11-8-4-6-9(12)7-5-8/h4-7H,1-3H3. The summed E-state index contributed by atoms with van der Waals surface area (Å²) in [6.45, 7) is 6.07. The van der Waals surface area contributed by atoms with E-state index in [1.807, 2.05) is 45.0 Å². The molecule has 1 aromatic carbocycles. The Balaban J connectivity index is 2.71. The van der Waals surface area contributed by atoms with E-state index < -0.39 is 0 Å². The highest BCUT2D eigenvalue weighted by Crippen LogP contribution is 2.19. The van der Waals surface area contributed by atoms with Crippen molar-refractivity contribution < 1.29 is 4.74 Å². The maximum Gasteiger partial charge on any atom is 0.120 e. The highest BCUT2D eigenvalue weighted by molar-refractivity contribution is 7.80. The lowest BCUT2D eigenvalue weighted by molar-refractivity contribution is 0.131. The Hall–Kier alpha value is -0.760. The van der Waals surface area contributed by atoms with Crippen LogP contribution in [0.5, 0.6) is 5.75 Å². The van der Waals surface area contributed by atoms with Crippen LogP contribution in [0, 0.1) is 0 Å². The van der Waals surface area contributed by atoms with Gasteiger partial charge in [-0.15, -0.1) is 0 Å². The third-order valence-electron chi connectivity index (χ3n) is 1.25. The second-order valence-corrected chi connectivity index (χ2v) is 4.16. The van der Waals surface area contributed by atoms with Crippen LogP contribution in [0.2, 0.25) is 0 Å². The molecule has 0 saturated heterocycles. The van der Waals surface area contributed by atoms with E-state index in [4.69, 9.17) is 17.4 Å². The molecule has 65 valence electrons. The van der Waals surface area contributed by atoms with Crippen molar-refractivity contribution in [3.8, 4) is 5.75 Å². The molecule has 1 rings (SSSR count). The predicted octanol–water partition coefficient (Wildman–Crippen LogP) is 3.42. The molecule has 0 aliphatic carbocycles. The number of hydrogen-bond donors (Lipinski definition) is 0. The SMILES string of the molecule is CC(C)(C)Oc1ccc([S])cc1. The highest BCUT2D eigenvalue weighted by Gasteiger charge is 2.10. The van der Waals surface area contributed by atoms with Crippen LogP contribution in [0.3, 0.4) is 0 Å². The summed E-state index contributed by atoms with van der Waals surface area (Å²) in [5, 5.41) is 0. The molecular formula is C10H13OS. The van der Waals surface area contributed by atoms with Crippen LogP contribution in [0.25, 0.3) is 0 Å². The van der Waals surface area contributed by atoms with Crippen molar-refractivity contribution in [2.45, 2.75) is 31.3 Å². The molecule has 1 nitrogen and oxygen atoms in total. The van der Waals surface area contributed by atoms with Crippen molar-refractivity contribution in [2.75, 3.05) is 0 Å². The molecule has 1 aromatic rings. The van der Waals surface area contributed by atoms with Gasteiger partial charge in [0.15, 0.2) is 0 Å². The summed E-state index contributed by atoms with van der Waals surface area (Å²) in [5.41, 5.74) is -0.136. The van der Waals surface area contributed by atoms with Crippen LogP contribution >= 0.6 is 12.6 Å². The third-order valence-corrected chi connectivity index (χ3v) is 1.52. The van der Waals surface area contributed by atoms with Crippen molar-refractivity contribution in [1.29, 1.82) is 0 Å². The molecule has 0 N–H and O–H groups in total. The maximum absolute atomic E-state index is 5.61. The molecule has 0 aromatic heterocycles. The largest absolute Gasteiger partial charge is 0.488 e. The second-order valence-electron chi connectivity index (χ2n) is 3.69. The van der Waals surface area contributed by atoms with Gasteiger partial charge in [0.05, 0.1) is 0 Å². The number of rotatable bonds is 1. The Kier molecular flexibility index (Phi) is 2.58. The van der Waals surface area contributed by atoms with Crippen LogP contribution in [0.15, 0.2) is 29.2 Å². The molecular weight excluding hydrogens is 168 g/mol. The molecule has 2 heteroatoms. The average molecular weight is 181 g/mol. The number of ether oxygens (including phenoxy) is 1. The first-order valence-corrected chi connectivity index (χ1v) is 4.34. The van der Waals surface area contributed by atoms with Crippen molar-refractivity contribution in [2.24, 2.45) is 0 Å². The quantitative estimate of drug-likeness (QED) is 0.645. The van der Waals surface area contributed by atoms with Crippen LogP contribution in [0.4, 0.5) is 0 Å². The monoisotopic (exact) mass is 181 g/mol. The van der Waals surface area contributed by atoms with Crippen molar-refractivity contribution in [3.05, 3.63) is 24.3 Å². The minimum Gasteiger partial charge on any atom is -0.488 e. The molecule has 0 fully saturated rings. The zero-order chi connectivity index (χ0) is 9.19. The molecule has 12 heavy (non-hydrogen) atoms. The first kappa shape index (κ1) is 9.33. The molecule has 0 unspecified atom stereocenters. The fourth-order valence-corrected chi connectivity index (χ4v) is 0.997. The average Bonchev–Trinajstić information content (AvgIpc) is 1.91. The van der Waals surface area contributed by atoms with E-state index in [9.17, 15) is 0 Å². The normalized spacial score (nSPS) is 11.2. The van der Waals surface area contributed by atoms with Gasteiger partial charge in [-0.3, -0.25) is 0 Å². The minimum atomic E-state index is -0.136. The second kappa shape index (κ2) is 3.31. The van der Waals surface area contributed by atoms with E-state index in [1.165, 1.54) is 0 Å². The van der Waals surface area contributed by atoms with Gasteiger partial charge in [0.2, 0.25) is 0 Å². The lowest BCUT2D eigenvalue weighted by Gasteiger charge is -2.21. The highest BCUT2D eigenvalue weighted by atomic mass is 32.1.